The first-order chi connectivity index (χ1) is 29.6. The Hall–Kier alpha value is -5.37. The Kier molecular flexibility index (Phi) is 18.7. The Morgan fingerprint density at radius 1 is 0.642 bits per heavy atom. The molecule has 1 saturated heterocycles. The number of pyridine rings is 2. The lowest BCUT2D eigenvalue weighted by Gasteiger charge is -2.32. The molecule has 0 unspecified atom stereocenters. The van der Waals surface area contributed by atoms with E-state index in [4.69, 9.17) is 39.9 Å². The molecule has 7 rings (SSSR count). The second-order valence-corrected chi connectivity index (χ2v) is 16.3. The van der Waals surface area contributed by atoms with Gasteiger partial charge >= 0.3 is 19.5 Å². The summed E-state index contributed by atoms with van der Waals surface area (Å²) in [6.07, 6.45) is -6.98. The molecule has 0 aromatic carbocycles. The molecule has 0 aliphatic carbocycles. The van der Waals surface area contributed by atoms with E-state index in [0.29, 0.717) is 40.4 Å². The predicted octanol–water partition coefficient (Wildman–Crippen LogP) is 9.26. The molecule has 1 aliphatic heterocycles. The molecule has 1 aliphatic rings. The molecule has 67 heavy (non-hydrogen) atoms. The van der Waals surface area contributed by atoms with Crippen molar-refractivity contribution in [3.05, 3.63) is 77.2 Å². The number of halogens is 9. The standard InChI is InChI=1S/C16H15F4N5O2.C15H20BF4NO3.C7H7ClN4O.3CH4/c1-15(2,16(18,19)20)27-14-10(17)6-9(7-21-14)11-4-5-12-22-23-13(8-26-3)25(12)24-11;1-12(2)13(3,4)24-16(23-12)9-7-10(17)11(21-8-9)22-14(5,6)15(18,19)20;1-13-4-7-10-9-6-3-2-5(8)11-12(6)7;;;/h4-7H,8H2,1-3H3;7-8H,1-6H3;2-3H,4H2,1H3;3*1H4. The zero-order valence-corrected chi connectivity index (χ0v) is 36.7. The van der Waals surface area contributed by atoms with Gasteiger partial charge < -0.3 is 28.3 Å². The average molecular weight is 981 g/mol. The van der Waals surface area contributed by atoms with Crippen molar-refractivity contribution < 1.29 is 63.4 Å². The summed E-state index contributed by atoms with van der Waals surface area (Å²) in [7, 11) is 2.22. The highest BCUT2D eigenvalue weighted by molar-refractivity contribution is 6.62. The van der Waals surface area contributed by atoms with E-state index in [1.807, 2.05) is 27.7 Å². The van der Waals surface area contributed by atoms with E-state index in [1.165, 1.54) is 24.0 Å². The highest BCUT2D eigenvalue weighted by atomic mass is 35.5. The maximum atomic E-state index is 14.3. The summed E-state index contributed by atoms with van der Waals surface area (Å²) in [5.41, 5.74) is -4.42. The van der Waals surface area contributed by atoms with Crippen LogP contribution in [0.15, 0.2) is 48.8 Å². The van der Waals surface area contributed by atoms with Crippen LogP contribution in [0.3, 0.4) is 0 Å². The van der Waals surface area contributed by atoms with Crippen molar-refractivity contribution in [2.75, 3.05) is 14.2 Å². The van der Waals surface area contributed by atoms with Gasteiger partial charge in [-0.1, -0.05) is 33.9 Å². The summed E-state index contributed by atoms with van der Waals surface area (Å²) in [6.45, 7) is 11.1. The van der Waals surface area contributed by atoms with Crippen LogP contribution in [0, 0.1) is 11.6 Å². The van der Waals surface area contributed by atoms with Gasteiger partial charge in [0, 0.05) is 37.6 Å². The molecule has 16 nitrogen and oxygen atoms in total. The second kappa shape index (κ2) is 21.7. The Morgan fingerprint density at radius 3 is 1.51 bits per heavy atom. The lowest BCUT2D eigenvalue weighted by Crippen LogP contribution is -2.45. The van der Waals surface area contributed by atoms with Crippen molar-refractivity contribution >= 4 is 35.5 Å². The van der Waals surface area contributed by atoms with Gasteiger partial charge in [0.05, 0.1) is 16.9 Å². The highest BCUT2D eigenvalue weighted by Crippen LogP contribution is 2.38. The Bertz CT molecular complexity index is 2560. The molecule has 0 N–H and O–H groups in total. The maximum absolute atomic E-state index is 14.3. The average Bonchev–Trinajstić information content (AvgIpc) is 3.84. The van der Waals surface area contributed by atoms with E-state index in [-0.39, 0.29) is 39.9 Å². The number of nitrogens with zero attached hydrogens (tertiary/aromatic N) is 10. The molecule has 6 aromatic heterocycles. The molecule has 0 radical (unpaired) electrons. The van der Waals surface area contributed by atoms with Crippen molar-refractivity contribution in [3.63, 3.8) is 0 Å². The van der Waals surface area contributed by atoms with Crippen molar-refractivity contribution in [1.29, 1.82) is 0 Å². The molecule has 0 spiro atoms. The molecular formula is C41H54BClF8N10O6. The van der Waals surface area contributed by atoms with Gasteiger partial charge in [0.15, 0.2) is 45.8 Å². The van der Waals surface area contributed by atoms with Gasteiger partial charge in [0.1, 0.15) is 18.4 Å². The Labute approximate surface area is 387 Å². The zero-order valence-electron chi connectivity index (χ0n) is 35.9. The molecule has 26 heteroatoms. The number of aromatic nitrogens is 10. The number of methoxy groups -OCH3 is 2. The molecule has 0 atom stereocenters. The fourth-order valence-corrected chi connectivity index (χ4v) is 5.24. The molecule has 0 bridgehead atoms. The minimum Gasteiger partial charge on any atom is -0.460 e. The van der Waals surface area contributed by atoms with Crippen molar-refractivity contribution in [3.8, 4) is 23.0 Å². The first kappa shape index (κ1) is 57.8. The third-order valence-corrected chi connectivity index (χ3v) is 9.90. The maximum Gasteiger partial charge on any atom is 0.496 e. The smallest absolute Gasteiger partial charge is 0.460 e. The van der Waals surface area contributed by atoms with E-state index >= 15 is 0 Å². The van der Waals surface area contributed by atoms with E-state index in [9.17, 15) is 35.1 Å². The summed E-state index contributed by atoms with van der Waals surface area (Å²) in [4.78, 5) is 7.34. The first-order valence-corrected chi connectivity index (χ1v) is 19.2. The topological polar surface area (TPSA) is 167 Å². The number of ether oxygens (including phenoxy) is 4. The molecule has 0 saturated carbocycles. The van der Waals surface area contributed by atoms with Crippen LogP contribution in [0.25, 0.3) is 22.6 Å². The predicted molar refractivity (Wildman–Crippen MR) is 233 cm³/mol. The van der Waals surface area contributed by atoms with E-state index in [0.717, 1.165) is 39.8 Å². The van der Waals surface area contributed by atoms with Crippen LogP contribution in [0.2, 0.25) is 5.15 Å². The van der Waals surface area contributed by atoms with Crippen molar-refractivity contribution in [2.24, 2.45) is 0 Å². The molecular weight excluding hydrogens is 927 g/mol. The fraction of sp³-hybridized carbons (Fsp3) is 0.512. The van der Waals surface area contributed by atoms with E-state index < -0.39 is 65.3 Å². The number of alkyl halides is 6. The monoisotopic (exact) mass is 980 g/mol. The highest BCUT2D eigenvalue weighted by Gasteiger charge is 2.53. The van der Waals surface area contributed by atoms with Crippen LogP contribution in [0.4, 0.5) is 35.1 Å². The fourth-order valence-electron chi connectivity index (χ4n) is 5.10. The number of fused-ring (bicyclic) bond motifs is 2. The summed E-state index contributed by atoms with van der Waals surface area (Å²) in [5, 5.41) is 24.4. The van der Waals surface area contributed by atoms with Gasteiger partial charge in [-0.15, -0.1) is 20.4 Å². The summed E-state index contributed by atoms with van der Waals surface area (Å²) in [5.74, 6) is -2.44. The summed E-state index contributed by atoms with van der Waals surface area (Å²) in [6, 6.07) is 8.62. The molecule has 370 valence electrons. The molecule has 7 heterocycles. The van der Waals surface area contributed by atoms with Crippen LogP contribution in [0.5, 0.6) is 11.8 Å². The molecule has 6 aromatic rings. The molecule has 1 fully saturated rings. The van der Waals surface area contributed by atoms with Gasteiger partial charge in [0.25, 0.3) is 11.8 Å². The van der Waals surface area contributed by atoms with E-state index in [2.05, 4.69) is 40.6 Å². The lowest BCUT2D eigenvalue weighted by molar-refractivity contribution is -0.236. The Balaban J connectivity index is 0.000000355. The van der Waals surface area contributed by atoms with Crippen molar-refractivity contribution in [2.45, 2.75) is 126 Å². The van der Waals surface area contributed by atoms with Crippen LogP contribution in [-0.2, 0) is 32.0 Å². The normalized spacial score (nSPS) is 14.5. The van der Waals surface area contributed by atoms with Gasteiger partial charge in [-0.2, -0.15) is 45.6 Å². The van der Waals surface area contributed by atoms with Crippen LogP contribution in [-0.4, -0.2) is 106 Å². The van der Waals surface area contributed by atoms with Crippen LogP contribution < -0.4 is 14.9 Å². The van der Waals surface area contributed by atoms with Crippen LogP contribution >= 0.6 is 11.6 Å². The second-order valence-electron chi connectivity index (χ2n) is 15.9. The van der Waals surface area contributed by atoms with Gasteiger partial charge in [-0.3, -0.25) is 0 Å². The molecule has 0 amide bonds. The number of rotatable bonds is 10. The van der Waals surface area contributed by atoms with Crippen LogP contribution in [0.1, 0.15) is 89.3 Å². The van der Waals surface area contributed by atoms with Crippen molar-refractivity contribution in [1.82, 2.24) is 49.6 Å². The minimum atomic E-state index is -4.68. The minimum absolute atomic E-state index is 0. The van der Waals surface area contributed by atoms with Gasteiger partial charge in [-0.25, -0.2) is 18.7 Å². The Morgan fingerprint density at radius 2 is 1.07 bits per heavy atom. The summed E-state index contributed by atoms with van der Waals surface area (Å²) >= 11 is 5.72. The first-order valence-electron chi connectivity index (χ1n) is 18.8. The SMILES string of the molecule is C.C.C.CC(C)(Oc1ncc(B2OC(C)(C)C(C)(C)O2)cc1F)C(F)(F)F.COCc1nnc2ccc(-c3cnc(OC(C)(C)C(F)(F)F)c(F)c3)nn12.COCc1nnc2ccc(Cl)nn12. The van der Waals surface area contributed by atoms with Gasteiger partial charge in [0.2, 0.25) is 0 Å². The lowest BCUT2D eigenvalue weighted by atomic mass is 9.80. The third kappa shape index (κ3) is 13.2. The largest absolute Gasteiger partial charge is 0.496 e. The zero-order chi connectivity index (χ0) is 47.6. The summed E-state index contributed by atoms with van der Waals surface area (Å²) < 4.78 is 139. The van der Waals surface area contributed by atoms with E-state index in [1.54, 1.807) is 35.9 Å². The number of hydrogen-bond donors (Lipinski definition) is 0. The van der Waals surface area contributed by atoms with Gasteiger partial charge in [-0.05, 0) is 91.8 Å². The third-order valence-electron chi connectivity index (χ3n) is 9.70. The quantitative estimate of drug-likeness (QED) is 0.0941. The number of hydrogen-bond acceptors (Lipinski definition) is 14.